The molecule has 0 aromatic heterocycles. The lowest BCUT2D eigenvalue weighted by Crippen LogP contribution is -2.45. The zero-order valence-corrected chi connectivity index (χ0v) is 13.8. The van der Waals surface area contributed by atoms with Gasteiger partial charge in [-0.2, -0.15) is 13.2 Å². The molecule has 3 rings (SSSR count). The predicted molar refractivity (Wildman–Crippen MR) is 85.6 cm³/mol. The van der Waals surface area contributed by atoms with E-state index in [9.17, 15) is 18.0 Å². The zero-order chi connectivity index (χ0) is 17.4. The van der Waals surface area contributed by atoms with E-state index in [1.54, 1.807) is 6.07 Å². The van der Waals surface area contributed by atoms with Gasteiger partial charge in [0, 0.05) is 13.1 Å². The van der Waals surface area contributed by atoms with E-state index in [1.807, 2.05) is 11.9 Å². The number of alkyl halides is 3. The van der Waals surface area contributed by atoms with Crippen LogP contribution < -0.4 is 5.32 Å². The first-order valence-corrected chi connectivity index (χ1v) is 8.48. The molecule has 1 saturated carbocycles. The van der Waals surface area contributed by atoms with Crippen molar-refractivity contribution in [3.63, 3.8) is 0 Å². The third-order valence-electron chi connectivity index (χ3n) is 5.30. The molecular formula is C18H23F3N2O. The molecule has 3 nitrogen and oxygen atoms in total. The summed E-state index contributed by atoms with van der Waals surface area (Å²) >= 11 is 0. The number of piperidine rings is 1. The summed E-state index contributed by atoms with van der Waals surface area (Å²) in [5.41, 5.74) is -0.886. The highest BCUT2D eigenvalue weighted by molar-refractivity contribution is 5.91. The fourth-order valence-corrected chi connectivity index (χ4v) is 3.68. The van der Waals surface area contributed by atoms with Crippen LogP contribution in [0.1, 0.15) is 36.8 Å². The third kappa shape index (κ3) is 3.29. The number of carbonyl (C=O) groups is 1. The molecule has 1 N–H and O–H groups in total. The molecule has 24 heavy (non-hydrogen) atoms. The summed E-state index contributed by atoms with van der Waals surface area (Å²) in [4.78, 5) is 14.8. The molecule has 0 atom stereocenters. The molecule has 1 aliphatic carbocycles. The maximum Gasteiger partial charge on any atom is 0.416 e. The fourth-order valence-electron chi connectivity index (χ4n) is 3.68. The van der Waals surface area contributed by atoms with Gasteiger partial charge in [-0.25, -0.2) is 0 Å². The van der Waals surface area contributed by atoms with Crippen LogP contribution in [-0.4, -0.2) is 37.5 Å². The number of likely N-dealkylation sites (tertiary alicyclic amines) is 1. The lowest BCUT2D eigenvalue weighted by Gasteiger charge is -2.34. The molecule has 0 unspecified atom stereocenters. The van der Waals surface area contributed by atoms with Crippen LogP contribution in [0.2, 0.25) is 0 Å². The average molecular weight is 340 g/mol. The molecule has 6 heteroatoms. The number of amides is 1. The van der Waals surface area contributed by atoms with Gasteiger partial charge >= 0.3 is 6.18 Å². The molecule has 1 amide bonds. The number of hydrogen-bond acceptors (Lipinski definition) is 2. The molecule has 0 radical (unpaired) electrons. The van der Waals surface area contributed by atoms with Crippen molar-refractivity contribution in [3.05, 3.63) is 35.4 Å². The Morgan fingerprint density at radius 3 is 2.50 bits per heavy atom. The Morgan fingerprint density at radius 1 is 1.29 bits per heavy atom. The molecule has 0 spiro atoms. The number of carbonyl (C=O) groups excluding carboxylic acids is 1. The van der Waals surface area contributed by atoms with Crippen molar-refractivity contribution >= 4 is 5.91 Å². The molecule has 1 heterocycles. The van der Waals surface area contributed by atoms with Crippen LogP contribution in [0.5, 0.6) is 0 Å². The third-order valence-corrected chi connectivity index (χ3v) is 5.30. The smallest absolute Gasteiger partial charge is 0.342 e. The second-order valence-electron chi connectivity index (χ2n) is 6.95. The predicted octanol–water partition coefficient (Wildman–Crippen LogP) is 3.20. The summed E-state index contributed by atoms with van der Waals surface area (Å²) in [7, 11) is 1.92. The number of halogens is 3. The number of benzene rings is 1. The van der Waals surface area contributed by atoms with Crippen LogP contribution in [0.15, 0.2) is 24.3 Å². The second-order valence-corrected chi connectivity index (χ2v) is 6.95. The van der Waals surface area contributed by atoms with E-state index in [0.717, 1.165) is 31.5 Å². The van der Waals surface area contributed by atoms with Gasteiger partial charge in [0.05, 0.1) is 11.0 Å². The summed E-state index contributed by atoms with van der Waals surface area (Å²) < 4.78 is 38.8. The van der Waals surface area contributed by atoms with E-state index < -0.39 is 17.2 Å². The van der Waals surface area contributed by atoms with E-state index in [0.29, 0.717) is 37.4 Å². The van der Waals surface area contributed by atoms with E-state index in [-0.39, 0.29) is 5.91 Å². The highest BCUT2D eigenvalue weighted by atomic mass is 19.4. The van der Waals surface area contributed by atoms with Crippen molar-refractivity contribution in [2.45, 2.75) is 37.3 Å². The summed E-state index contributed by atoms with van der Waals surface area (Å²) in [5.74, 6) is 0.576. The Morgan fingerprint density at radius 2 is 1.96 bits per heavy atom. The van der Waals surface area contributed by atoms with Gasteiger partial charge in [-0.3, -0.25) is 4.79 Å². The highest BCUT2D eigenvalue weighted by Gasteiger charge is 2.53. The maximum absolute atomic E-state index is 12.9. The van der Waals surface area contributed by atoms with Gasteiger partial charge in [-0.1, -0.05) is 18.2 Å². The van der Waals surface area contributed by atoms with Gasteiger partial charge in [-0.15, -0.1) is 0 Å². The van der Waals surface area contributed by atoms with Crippen molar-refractivity contribution in [2.75, 3.05) is 26.7 Å². The summed E-state index contributed by atoms with van der Waals surface area (Å²) in [6, 6.07) is 5.28. The zero-order valence-electron chi connectivity index (χ0n) is 13.8. The molecule has 1 aliphatic heterocycles. The van der Waals surface area contributed by atoms with E-state index in [4.69, 9.17) is 0 Å². The molecular weight excluding hydrogens is 317 g/mol. The minimum absolute atomic E-state index is 0.00438. The SMILES string of the molecule is CNCC1CCN(C(=O)C2(c3cccc(C(F)(F)F)c3)CC2)CC1. The Hall–Kier alpha value is -1.56. The van der Waals surface area contributed by atoms with E-state index in [1.165, 1.54) is 6.07 Å². The van der Waals surface area contributed by atoms with Gasteiger partial charge in [0.25, 0.3) is 0 Å². The Bertz CT molecular complexity index is 603. The van der Waals surface area contributed by atoms with E-state index >= 15 is 0 Å². The molecule has 0 bridgehead atoms. The van der Waals surface area contributed by atoms with Crippen molar-refractivity contribution in [2.24, 2.45) is 5.92 Å². The number of rotatable bonds is 4. The first-order chi connectivity index (χ1) is 11.4. The van der Waals surface area contributed by atoms with Gasteiger partial charge in [0.15, 0.2) is 0 Å². The van der Waals surface area contributed by atoms with Crippen molar-refractivity contribution in [3.8, 4) is 0 Å². The van der Waals surface area contributed by atoms with Crippen molar-refractivity contribution in [1.29, 1.82) is 0 Å². The number of nitrogens with zero attached hydrogens (tertiary/aromatic N) is 1. The van der Waals surface area contributed by atoms with Crippen LogP contribution in [0, 0.1) is 5.92 Å². The molecule has 2 fully saturated rings. The topological polar surface area (TPSA) is 32.3 Å². The average Bonchev–Trinajstić information content (AvgIpc) is 3.36. The summed E-state index contributed by atoms with van der Waals surface area (Å²) in [5, 5.41) is 3.16. The van der Waals surface area contributed by atoms with Gasteiger partial charge in [0.1, 0.15) is 0 Å². The lowest BCUT2D eigenvalue weighted by atomic mass is 9.90. The minimum Gasteiger partial charge on any atom is -0.342 e. The lowest BCUT2D eigenvalue weighted by molar-refractivity contribution is -0.138. The standard InChI is InChI=1S/C18H23F3N2O/c1-22-12-13-5-9-23(10-6-13)16(24)17(7-8-17)14-3-2-4-15(11-14)18(19,20)21/h2-4,11,13,22H,5-10,12H2,1H3. The quantitative estimate of drug-likeness (QED) is 0.913. The first-order valence-electron chi connectivity index (χ1n) is 8.48. The Labute approximate surface area is 140 Å². The number of nitrogens with one attached hydrogen (secondary N) is 1. The minimum atomic E-state index is -4.37. The Kier molecular flexibility index (Phi) is 4.60. The molecule has 1 aromatic carbocycles. The van der Waals surface area contributed by atoms with Crippen LogP contribution >= 0.6 is 0 Å². The highest BCUT2D eigenvalue weighted by Crippen LogP contribution is 2.50. The fraction of sp³-hybridized carbons (Fsp3) is 0.611. The van der Waals surface area contributed by atoms with Gasteiger partial charge in [-0.05, 0) is 56.8 Å². The van der Waals surface area contributed by atoms with Crippen LogP contribution in [0.4, 0.5) is 13.2 Å². The first kappa shape index (κ1) is 17.3. The molecule has 1 aromatic rings. The van der Waals surface area contributed by atoms with Crippen molar-refractivity contribution in [1.82, 2.24) is 10.2 Å². The number of hydrogen-bond donors (Lipinski definition) is 1. The molecule has 1 saturated heterocycles. The molecule has 132 valence electrons. The van der Waals surface area contributed by atoms with Crippen molar-refractivity contribution < 1.29 is 18.0 Å². The van der Waals surface area contributed by atoms with Crippen LogP contribution in [0.25, 0.3) is 0 Å². The maximum atomic E-state index is 12.9. The largest absolute Gasteiger partial charge is 0.416 e. The monoisotopic (exact) mass is 340 g/mol. The van der Waals surface area contributed by atoms with E-state index in [2.05, 4.69) is 5.32 Å². The Balaban J connectivity index is 1.74. The van der Waals surface area contributed by atoms with Gasteiger partial charge in [0.2, 0.25) is 5.91 Å². The van der Waals surface area contributed by atoms with Gasteiger partial charge < -0.3 is 10.2 Å². The summed E-state index contributed by atoms with van der Waals surface area (Å²) in [6.45, 7) is 2.35. The van der Waals surface area contributed by atoms with Crippen LogP contribution in [0.3, 0.4) is 0 Å². The normalized spacial score (nSPS) is 20.9. The second kappa shape index (κ2) is 6.39. The van der Waals surface area contributed by atoms with Crippen LogP contribution in [-0.2, 0) is 16.4 Å². The molecule has 2 aliphatic rings. The summed E-state index contributed by atoms with van der Waals surface area (Å²) in [6.07, 6.45) is -1.19.